The van der Waals surface area contributed by atoms with Gasteiger partial charge < -0.3 is 0 Å². The lowest BCUT2D eigenvalue weighted by Crippen LogP contribution is -2.28. The molecule has 3 heterocycles. The number of aromatic nitrogens is 3. The Kier molecular flexibility index (Phi) is 3.92. The van der Waals surface area contributed by atoms with Gasteiger partial charge in [-0.1, -0.05) is 30.3 Å². The number of hydrogen-bond donors (Lipinski definition) is 0. The molecule has 4 aromatic rings. The molecule has 0 aliphatic heterocycles. The van der Waals surface area contributed by atoms with Gasteiger partial charge >= 0.3 is 0 Å². The van der Waals surface area contributed by atoms with Crippen LogP contribution in [0.15, 0.2) is 47.5 Å². The number of fused-ring (bicyclic) bond motifs is 3. The Labute approximate surface area is 154 Å². The highest BCUT2D eigenvalue weighted by Gasteiger charge is 2.21. The number of carbonyl (C=O) groups excluding carboxylic acids is 1. The van der Waals surface area contributed by atoms with Crippen LogP contribution in [-0.4, -0.2) is 20.3 Å². The van der Waals surface area contributed by atoms with Gasteiger partial charge in [0.25, 0.3) is 5.56 Å². The molecule has 0 saturated heterocycles. The van der Waals surface area contributed by atoms with Gasteiger partial charge in [0, 0.05) is 16.6 Å². The molecule has 4 rings (SSSR count). The molecule has 0 unspecified atom stereocenters. The predicted octanol–water partition coefficient (Wildman–Crippen LogP) is 4.07. The third-order valence-electron chi connectivity index (χ3n) is 4.56. The van der Waals surface area contributed by atoms with E-state index in [9.17, 15) is 9.59 Å². The van der Waals surface area contributed by atoms with Gasteiger partial charge in [-0.2, -0.15) is 0 Å². The lowest BCUT2D eigenvalue weighted by Gasteiger charge is -2.13. The van der Waals surface area contributed by atoms with Crippen LogP contribution >= 0.6 is 11.3 Å². The van der Waals surface area contributed by atoms with Gasteiger partial charge in [0.1, 0.15) is 9.53 Å². The van der Waals surface area contributed by atoms with Crippen LogP contribution in [0.5, 0.6) is 0 Å². The predicted molar refractivity (Wildman–Crippen MR) is 104 cm³/mol. The van der Waals surface area contributed by atoms with Crippen molar-refractivity contribution in [2.24, 2.45) is 0 Å². The second kappa shape index (κ2) is 6.14. The van der Waals surface area contributed by atoms with Crippen LogP contribution in [0.3, 0.4) is 0 Å². The monoisotopic (exact) mass is 363 g/mol. The molecule has 0 spiro atoms. The second-order valence-corrected chi connectivity index (χ2v) is 7.40. The summed E-state index contributed by atoms with van der Waals surface area (Å²) in [5.41, 5.74) is 3.00. The Balaban J connectivity index is 1.88. The third-order valence-corrected chi connectivity index (χ3v) is 5.62. The first-order chi connectivity index (χ1) is 12.5. The highest BCUT2D eigenvalue weighted by molar-refractivity contribution is 7.25. The average Bonchev–Trinajstić information content (AvgIpc) is 3.01. The average molecular weight is 363 g/mol. The van der Waals surface area contributed by atoms with E-state index < -0.39 is 6.04 Å². The Morgan fingerprint density at radius 3 is 2.65 bits per heavy atom. The van der Waals surface area contributed by atoms with Crippen molar-refractivity contribution in [1.82, 2.24) is 14.5 Å². The topological polar surface area (TPSA) is 64.8 Å². The van der Waals surface area contributed by atoms with Gasteiger partial charge in [-0.25, -0.2) is 9.97 Å². The van der Waals surface area contributed by atoms with Crippen LogP contribution < -0.4 is 5.56 Å². The van der Waals surface area contributed by atoms with Crippen molar-refractivity contribution >= 4 is 37.6 Å². The molecule has 0 amide bonds. The SMILES string of the molecule is Cc1cc(C)c2c(n1)sc1c(=O)n([C@@H](C)C(=O)c3ccccc3)cnc12. The van der Waals surface area contributed by atoms with Crippen LogP contribution in [0.4, 0.5) is 0 Å². The molecule has 1 aromatic carbocycles. The molecule has 0 N–H and O–H groups in total. The van der Waals surface area contributed by atoms with Crippen LogP contribution in [0.1, 0.15) is 34.6 Å². The largest absolute Gasteiger partial charge is 0.292 e. The Hall–Kier alpha value is -2.86. The summed E-state index contributed by atoms with van der Waals surface area (Å²) < 4.78 is 1.95. The summed E-state index contributed by atoms with van der Waals surface area (Å²) >= 11 is 1.34. The first-order valence-corrected chi connectivity index (χ1v) is 9.16. The van der Waals surface area contributed by atoms with E-state index >= 15 is 0 Å². The Morgan fingerprint density at radius 2 is 1.92 bits per heavy atom. The van der Waals surface area contributed by atoms with Crippen LogP contribution in [0, 0.1) is 13.8 Å². The molecular formula is C20H17N3O2S. The van der Waals surface area contributed by atoms with Crippen molar-refractivity contribution in [3.8, 4) is 0 Å². The fraction of sp³-hybridized carbons (Fsp3) is 0.200. The van der Waals surface area contributed by atoms with E-state index in [1.807, 2.05) is 38.1 Å². The molecule has 26 heavy (non-hydrogen) atoms. The van der Waals surface area contributed by atoms with Crippen molar-refractivity contribution in [2.75, 3.05) is 0 Å². The van der Waals surface area contributed by atoms with Crippen molar-refractivity contribution < 1.29 is 4.79 Å². The maximum Gasteiger partial charge on any atom is 0.272 e. The molecule has 0 bridgehead atoms. The van der Waals surface area contributed by atoms with Gasteiger partial charge in [0.15, 0.2) is 5.78 Å². The molecule has 0 aliphatic rings. The number of hydrogen-bond acceptors (Lipinski definition) is 5. The van der Waals surface area contributed by atoms with Gasteiger partial charge in [-0.15, -0.1) is 11.3 Å². The zero-order valence-corrected chi connectivity index (χ0v) is 15.5. The van der Waals surface area contributed by atoms with E-state index in [2.05, 4.69) is 9.97 Å². The number of aryl methyl sites for hydroxylation is 2. The minimum absolute atomic E-state index is 0.111. The fourth-order valence-electron chi connectivity index (χ4n) is 3.23. The standard InChI is InChI=1S/C20H17N3O2S/c1-11-9-12(2)22-19-15(11)16-18(26-19)20(25)23(10-21-16)13(3)17(24)14-7-5-4-6-8-14/h4-10,13H,1-3H3/t13-/m0/s1. The number of nitrogens with zero attached hydrogens (tertiary/aromatic N) is 3. The van der Waals surface area contributed by atoms with Crippen LogP contribution in [-0.2, 0) is 0 Å². The zero-order valence-electron chi connectivity index (χ0n) is 14.7. The first kappa shape index (κ1) is 16.6. The Bertz CT molecular complexity index is 1210. The minimum atomic E-state index is -0.622. The van der Waals surface area contributed by atoms with Crippen LogP contribution in [0.25, 0.3) is 20.4 Å². The van der Waals surface area contributed by atoms with Gasteiger partial charge in [0.05, 0.1) is 17.9 Å². The number of pyridine rings is 1. The fourth-order valence-corrected chi connectivity index (χ4v) is 4.41. The van der Waals surface area contributed by atoms with Gasteiger partial charge in [-0.3, -0.25) is 14.2 Å². The number of rotatable bonds is 3. The number of Topliss-reactive ketones (excluding diaryl/α,β-unsaturated/α-hetero) is 1. The highest BCUT2D eigenvalue weighted by atomic mass is 32.1. The normalized spacial score (nSPS) is 12.6. The summed E-state index contributed by atoms with van der Waals surface area (Å²) in [6.45, 7) is 5.66. The van der Waals surface area contributed by atoms with Gasteiger partial charge in [0.2, 0.25) is 0 Å². The quantitative estimate of drug-likeness (QED) is 0.515. The summed E-state index contributed by atoms with van der Waals surface area (Å²) in [5, 5.41) is 0.918. The Morgan fingerprint density at radius 1 is 1.19 bits per heavy atom. The van der Waals surface area contributed by atoms with E-state index in [1.165, 1.54) is 22.2 Å². The molecule has 0 radical (unpaired) electrons. The molecule has 1 atom stereocenters. The van der Waals surface area contributed by atoms with Crippen LogP contribution in [0.2, 0.25) is 0 Å². The number of carbonyl (C=O) groups is 1. The lowest BCUT2D eigenvalue weighted by molar-refractivity contribution is 0.0932. The molecule has 0 aliphatic carbocycles. The number of ketones is 1. The summed E-state index contributed by atoms with van der Waals surface area (Å²) in [4.78, 5) is 35.6. The molecule has 130 valence electrons. The lowest BCUT2D eigenvalue weighted by atomic mass is 10.1. The number of benzene rings is 1. The summed E-state index contributed by atoms with van der Waals surface area (Å²) in [6, 6.07) is 10.4. The molecule has 5 nitrogen and oxygen atoms in total. The van der Waals surface area contributed by atoms with Crippen molar-refractivity contribution in [1.29, 1.82) is 0 Å². The molecule has 0 saturated carbocycles. The van der Waals surface area contributed by atoms with E-state index in [4.69, 9.17) is 0 Å². The van der Waals surface area contributed by atoms with Crippen molar-refractivity contribution in [3.63, 3.8) is 0 Å². The van der Waals surface area contributed by atoms with Crippen molar-refractivity contribution in [2.45, 2.75) is 26.8 Å². The smallest absolute Gasteiger partial charge is 0.272 e. The summed E-state index contributed by atoms with van der Waals surface area (Å²) in [6.07, 6.45) is 1.47. The minimum Gasteiger partial charge on any atom is -0.292 e. The third kappa shape index (κ3) is 2.54. The zero-order chi connectivity index (χ0) is 18.4. The molecule has 6 heteroatoms. The maximum atomic E-state index is 13.0. The van der Waals surface area contributed by atoms with E-state index in [0.717, 1.165) is 21.5 Å². The van der Waals surface area contributed by atoms with E-state index in [1.54, 1.807) is 19.1 Å². The molecule has 0 fully saturated rings. The molecule has 3 aromatic heterocycles. The molecular weight excluding hydrogens is 346 g/mol. The second-order valence-electron chi connectivity index (χ2n) is 6.40. The van der Waals surface area contributed by atoms with E-state index in [0.29, 0.717) is 15.8 Å². The first-order valence-electron chi connectivity index (χ1n) is 8.34. The summed E-state index contributed by atoms with van der Waals surface area (Å²) in [7, 11) is 0. The van der Waals surface area contributed by atoms with Crippen molar-refractivity contribution in [3.05, 3.63) is 69.9 Å². The summed E-state index contributed by atoms with van der Waals surface area (Å²) in [5.74, 6) is -0.111. The highest BCUT2D eigenvalue weighted by Crippen LogP contribution is 2.32. The maximum absolute atomic E-state index is 13.0. The van der Waals surface area contributed by atoms with E-state index in [-0.39, 0.29) is 11.3 Å². The van der Waals surface area contributed by atoms with Gasteiger partial charge in [-0.05, 0) is 32.4 Å². The number of thiophene rings is 1.